The average molecular weight is 693 g/mol. The fraction of sp³-hybridized carbons (Fsp3) is 0.310. The molecular weight excluding hydrogens is 662 g/mol. The molecule has 2 aliphatic rings. The molecule has 216 valence electrons. The number of benzene rings is 2. The van der Waals surface area contributed by atoms with Crippen molar-refractivity contribution < 1.29 is 23.0 Å². The van der Waals surface area contributed by atoms with E-state index in [2.05, 4.69) is 10.6 Å². The molecule has 12 heteroatoms. The van der Waals surface area contributed by atoms with Crippen LogP contribution in [0.3, 0.4) is 0 Å². The summed E-state index contributed by atoms with van der Waals surface area (Å²) in [7, 11) is 0.903. The molecule has 0 radical (unpaired) electrons. The Morgan fingerprint density at radius 2 is 1.76 bits per heavy atom. The van der Waals surface area contributed by atoms with Crippen LogP contribution >= 0.6 is 22.6 Å². The Labute approximate surface area is 253 Å². The highest BCUT2D eigenvalue weighted by Crippen LogP contribution is 2.48. The molecule has 3 aromatic rings. The van der Waals surface area contributed by atoms with Gasteiger partial charge in [0.1, 0.15) is 17.6 Å². The highest BCUT2D eigenvalue weighted by atomic mass is 127. The molecule has 0 bridgehead atoms. The number of ketones is 1. The van der Waals surface area contributed by atoms with Crippen molar-refractivity contribution in [3.05, 3.63) is 73.3 Å². The molecule has 41 heavy (non-hydrogen) atoms. The second-order valence-corrected chi connectivity index (χ2v) is 12.9. The zero-order valence-corrected chi connectivity index (χ0v) is 26.2. The molecule has 1 atom stereocenters. The number of rotatable bonds is 5. The first kappa shape index (κ1) is 30.6. The van der Waals surface area contributed by atoms with Crippen molar-refractivity contribution >= 4 is 79.6 Å². The van der Waals surface area contributed by atoms with Gasteiger partial charge in [0.05, 0.1) is 22.6 Å². The van der Waals surface area contributed by atoms with Crippen LogP contribution in [0.25, 0.3) is 0 Å². The Morgan fingerprint density at radius 3 is 2.34 bits per heavy atom. The molecule has 5 rings (SSSR count). The first-order chi connectivity index (χ1) is 19.3. The second kappa shape index (κ2) is 12.2. The molecule has 1 saturated carbocycles. The van der Waals surface area contributed by atoms with E-state index in [4.69, 9.17) is 0 Å². The van der Waals surface area contributed by atoms with Crippen molar-refractivity contribution in [2.75, 3.05) is 28.0 Å². The van der Waals surface area contributed by atoms with E-state index in [0.29, 0.717) is 14.9 Å². The van der Waals surface area contributed by atoms with Crippen LogP contribution in [0.5, 0.6) is 0 Å². The Balaban J connectivity index is 0.000000909. The maximum atomic E-state index is 14.8. The lowest BCUT2D eigenvalue weighted by molar-refractivity contribution is -0.121. The summed E-state index contributed by atoms with van der Waals surface area (Å²) < 4.78 is 26.3. The van der Waals surface area contributed by atoms with Gasteiger partial charge in [-0.25, -0.2) is 4.39 Å². The number of nitrogens with zero attached hydrogens (tertiary/aromatic N) is 2. The number of carbonyl (C=O) groups excluding carboxylic acids is 3. The van der Waals surface area contributed by atoms with Gasteiger partial charge in [0.25, 0.3) is 5.56 Å². The number of anilines is 5. The number of hydrogen-bond donors (Lipinski definition) is 2. The molecule has 1 fully saturated rings. The van der Waals surface area contributed by atoms with Crippen LogP contribution in [0, 0.1) is 28.1 Å². The van der Waals surface area contributed by atoms with Gasteiger partial charge in [-0.1, -0.05) is 6.07 Å². The van der Waals surface area contributed by atoms with E-state index < -0.39 is 34.0 Å². The summed E-state index contributed by atoms with van der Waals surface area (Å²) in [5.41, 5.74) is 1.11. The minimum Gasteiger partial charge on any atom is -0.339 e. The number of aromatic nitrogens is 1. The molecule has 0 spiro atoms. The SMILES string of the molecule is CC(=O)Nc1cccc(N2C(=O)C(C3CC3)C(=O)c3c2c(C)c(=O)n(C)c3Nc2ccc(I)cc2F)c1.CS(C)=O. The molecule has 2 amide bonds. The highest BCUT2D eigenvalue weighted by Gasteiger charge is 2.50. The summed E-state index contributed by atoms with van der Waals surface area (Å²) in [6.45, 7) is 2.95. The lowest BCUT2D eigenvalue weighted by Gasteiger charge is -2.36. The molecule has 1 aliphatic carbocycles. The summed E-state index contributed by atoms with van der Waals surface area (Å²) in [6, 6.07) is 11.3. The van der Waals surface area contributed by atoms with Gasteiger partial charge in [-0.05, 0) is 84.7 Å². The monoisotopic (exact) mass is 692 g/mol. The smallest absolute Gasteiger partial charge is 0.256 e. The normalized spacial score (nSPS) is 16.2. The Morgan fingerprint density at radius 1 is 1.10 bits per heavy atom. The number of pyridine rings is 1. The summed E-state index contributed by atoms with van der Waals surface area (Å²) >= 11 is 2.00. The molecular formula is C29H30FIN4O5S. The first-order valence-electron chi connectivity index (χ1n) is 12.8. The van der Waals surface area contributed by atoms with Crippen molar-refractivity contribution in [2.45, 2.75) is 26.7 Å². The molecule has 0 saturated heterocycles. The maximum Gasteiger partial charge on any atom is 0.256 e. The molecule has 2 heterocycles. The quantitative estimate of drug-likeness (QED) is 0.287. The van der Waals surface area contributed by atoms with E-state index in [0.717, 1.165) is 12.8 Å². The number of amides is 2. The topological polar surface area (TPSA) is 118 Å². The van der Waals surface area contributed by atoms with E-state index in [9.17, 15) is 27.8 Å². The van der Waals surface area contributed by atoms with Gasteiger partial charge >= 0.3 is 0 Å². The van der Waals surface area contributed by atoms with Crippen LogP contribution in [0.2, 0.25) is 0 Å². The van der Waals surface area contributed by atoms with Gasteiger partial charge in [0.15, 0.2) is 5.78 Å². The van der Waals surface area contributed by atoms with Crippen molar-refractivity contribution in [1.29, 1.82) is 0 Å². The summed E-state index contributed by atoms with van der Waals surface area (Å²) in [4.78, 5) is 54.1. The minimum atomic E-state index is -0.920. The third-order valence-corrected chi connectivity index (χ3v) is 7.40. The van der Waals surface area contributed by atoms with Gasteiger partial charge in [0.2, 0.25) is 11.8 Å². The number of fused-ring (bicyclic) bond motifs is 1. The van der Waals surface area contributed by atoms with Gasteiger partial charge in [-0.3, -0.25) is 32.9 Å². The number of hydrogen-bond acceptors (Lipinski definition) is 6. The zero-order valence-electron chi connectivity index (χ0n) is 23.2. The van der Waals surface area contributed by atoms with Crippen molar-refractivity contribution in [2.24, 2.45) is 18.9 Å². The lowest BCUT2D eigenvalue weighted by atomic mass is 9.85. The second-order valence-electron chi connectivity index (χ2n) is 10.1. The van der Waals surface area contributed by atoms with Gasteiger partial charge in [0, 0.05) is 52.1 Å². The highest BCUT2D eigenvalue weighted by molar-refractivity contribution is 14.1. The summed E-state index contributed by atoms with van der Waals surface area (Å²) in [5, 5.41) is 5.67. The minimum absolute atomic E-state index is 0.102. The van der Waals surface area contributed by atoms with E-state index in [-0.39, 0.29) is 45.9 Å². The average Bonchev–Trinajstić information content (AvgIpc) is 3.71. The molecule has 1 aliphatic heterocycles. The van der Waals surface area contributed by atoms with Crippen molar-refractivity contribution in [1.82, 2.24) is 4.57 Å². The third-order valence-electron chi connectivity index (χ3n) is 6.73. The van der Waals surface area contributed by atoms with Crippen molar-refractivity contribution in [3.8, 4) is 0 Å². The van der Waals surface area contributed by atoms with Crippen LogP contribution in [0.15, 0.2) is 47.3 Å². The fourth-order valence-corrected chi connectivity index (χ4v) is 5.30. The zero-order chi connectivity index (χ0) is 30.2. The van der Waals surface area contributed by atoms with Gasteiger partial charge in [-0.15, -0.1) is 0 Å². The molecule has 9 nitrogen and oxygen atoms in total. The van der Waals surface area contributed by atoms with Gasteiger partial charge in [-0.2, -0.15) is 0 Å². The predicted octanol–water partition coefficient (Wildman–Crippen LogP) is 5.02. The van der Waals surface area contributed by atoms with Crippen molar-refractivity contribution in [3.63, 3.8) is 0 Å². The Kier molecular flexibility index (Phi) is 9.12. The number of nitrogens with one attached hydrogen (secondary N) is 2. The third kappa shape index (κ3) is 6.43. The van der Waals surface area contributed by atoms with E-state index >= 15 is 0 Å². The molecule has 1 unspecified atom stereocenters. The first-order valence-corrected chi connectivity index (χ1v) is 15.8. The Hall–Kier alpha value is -3.39. The molecule has 1 aromatic heterocycles. The van der Waals surface area contributed by atoms with Crippen LogP contribution in [0.1, 0.15) is 35.7 Å². The Bertz CT molecular complexity index is 1650. The van der Waals surface area contributed by atoms with Gasteiger partial charge < -0.3 is 10.6 Å². The largest absolute Gasteiger partial charge is 0.339 e. The van der Waals surface area contributed by atoms with Crippen LogP contribution in [-0.2, 0) is 27.4 Å². The number of carbonyl (C=O) groups is 3. The number of halogens is 2. The standard InChI is InChI=1S/C27H24FIN4O4.C2H6OS/c1-13-23-22(25(32(3)26(13)36)31-20-10-9-16(29)11-19(20)28)24(35)21(15-7-8-15)27(37)33(23)18-6-4-5-17(12-18)30-14(2)34;1-4(2)3/h4-6,9-12,15,21,31H,7-8H2,1-3H3,(H,30,34);1-2H3. The summed E-state index contributed by atoms with van der Waals surface area (Å²) in [5.74, 6) is -2.51. The maximum absolute atomic E-state index is 14.8. The fourth-order valence-electron chi connectivity index (χ4n) is 4.84. The van der Waals surface area contributed by atoms with Crippen LogP contribution < -0.4 is 21.1 Å². The van der Waals surface area contributed by atoms with Crippen LogP contribution in [-0.4, -0.2) is 38.9 Å². The lowest BCUT2D eigenvalue weighted by Crippen LogP contribution is -2.45. The molecule has 2 aromatic carbocycles. The predicted molar refractivity (Wildman–Crippen MR) is 167 cm³/mol. The summed E-state index contributed by atoms with van der Waals surface area (Å²) in [6.07, 6.45) is 4.77. The number of Topliss-reactive ketones (excluding diaryl/α,β-unsaturated/α-hetero) is 1. The van der Waals surface area contributed by atoms with E-state index in [1.165, 1.54) is 29.5 Å². The van der Waals surface area contributed by atoms with E-state index in [1.54, 1.807) is 55.8 Å². The van der Waals surface area contributed by atoms with E-state index in [1.807, 2.05) is 22.6 Å². The molecule has 2 N–H and O–H groups in total. The van der Waals surface area contributed by atoms with Crippen LogP contribution in [0.4, 0.5) is 33.0 Å².